The van der Waals surface area contributed by atoms with Gasteiger partial charge in [-0.3, -0.25) is 4.57 Å². The topological polar surface area (TPSA) is 43.8 Å². The number of aromatic nitrogens is 2. The van der Waals surface area contributed by atoms with Crippen LogP contribution in [0, 0.1) is 11.6 Å². The molecule has 20 heavy (non-hydrogen) atoms. The van der Waals surface area contributed by atoms with Gasteiger partial charge in [-0.2, -0.15) is 0 Å². The molecular formula is C13H7Br2F2N3. The molecule has 0 spiro atoms. The van der Waals surface area contributed by atoms with Crippen LogP contribution in [0.3, 0.4) is 0 Å². The number of halogens is 4. The molecule has 0 unspecified atom stereocenters. The monoisotopic (exact) mass is 401 g/mol. The van der Waals surface area contributed by atoms with Gasteiger partial charge in [0.2, 0.25) is 5.95 Å². The summed E-state index contributed by atoms with van der Waals surface area (Å²) in [7, 11) is 0. The Labute approximate surface area is 129 Å². The van der Waals surface area contributed by atoms with E-state index in [1.165, 1.54) is 12.1 Å². The molecule has 1 aromatic heterocycles. The van der Waals surface area contributed by atoms with Crippen molar-refractivity contribution in [2.45, 2.75) is 0 Å². The van der Waals surface area contributed by atoms with Gasteiger partial charge < -0.3 is 5.73 Å². The third-order valence-electron chi connectivity index (χ3n) is 2.88. The Kier molecular flexibility index (Phi) is 3.25. The number of imidazole rings is 1. The zero-order valence-corrected chi connectivity index (χ0v) is 13.0. The number of benzene rings is 2. The molecule has 3 rings (SSSR count). The fourth-order valence-electron chi connectivity index (χ4n) is 1.99. The lowest BCUT2D eigenvalue weighted by molar-refractivity contribution is 0.620. The Morgan fingerprint density at radius 2 is 1.70 bits per heavy atom. The fourth-order valence-corrected chi connectivity index (χ4v) is 2.68. The maximum absolute atomic E-state index is 13.5. The van der Waals surface area contributed by atoms with Crippen molar-refractivity contribution in [3.05, 3.63) is 50.9 Å². The van der Waals surface area contributed by atoms with Crippen LogP contribution >= 0.6 is 31.9 Å². The molecule has 3 aromatic rings. The van der Waals surface area contributed by atoms with Gasteiger partial charge in [0.25, 0.3) is 0 Å². The van der Waals surface area contributed by atoms with Crippen molar-refractivity contribution < 1.29 is 8.78 Å². The Morgan fingerprint density at radius 1 is 1.00 bits per heavy atom. The minimum Gasteiger partial charge on any atom is -0.369 e. The zero-order valence-electron chi connectivity index (χ0n) is 9.87. The van der Waals surface area contributed by atoms with Crippen LogP contribution in [0.2, 0.25) is 0 Å². The maximum atomic E-state index is 13.5. The van der Waals surface area contributed by atoms with E-state index in [0.29, 0.717) is 25.7 Å². The number of rotatable bonds is 1. The molecule has 3 nitrogen and oxygen atoms in total. The van der Waals surface area contributed by atoms with Crippen molar-refractivity contribution in [2.24, 2.45) is 0 Å². The van der Waals surface area contributed by atoms with Crippen LogP contribution in [0.5, 0.6) is 0 Å². The highest BCUT2D eigenvalue weighted by atomic mass is 79.9. The molecule has 0 aliphatic carbocycles. The highest BCUT2D eigenvalue weighted by molar-refractivity contribution is 9.10. The van der Waals surface area contributed by atoms with Crippen LogP contribution in [0.15, 0.2) is 39.3 Å². The summed E-state index contributed by atoms with van der Waals surface area (Å²) in [5, 5.41) is 0. The second kappa shape index (κ2) is 4.82. The van der Waals surface area contributed by atoms with E-state index < -0.39 is 5.82 Å². The molecule has 102 valence electrons. The molecule has 0 radical (unpaired) electrons. The molecule has 0 bridgehead atoms. The summed E-state index contributed by atoms with van der Waals surface area (Å²) in [4.78, 5) is 4.11. The van der Waals surface area contributed by atoms with E-state index in [-0.39, 0.29) is 11.8 Å². The van der Waals surface area contributed by atoms with Gasteiger partial charge in [-0.05, 0) is 56.1 Å². The van der Waals surface area contributed by atoms with Gasteiger partial charge in [0.15, 0.2) is 0 Å². The molecule has 0 saturated heterocycles. The van der Waals surface area contributed by atoms with Crippen molar-refractivity contribution in [2.75, 3.05) is 5.73 Å². The summed E-state index contributed by atoms with van der Waals surface area (Å²) >= 11 is 6.26. The lowest BCUT2D eigenvalue weighted by Crippen LogP contribution is -2.01. The largest absolute Gasteiger partial charge is 0.369 e. The molecule has 0 atom stereocenters. The summed E-state index contributed by atoms with van der Waals surface area (Å²) in [5.41, 5.74) is 7.58. The molecule has 0 saturated carbocycles. The van der Waals surface area contributed by atoms with Crippen molar-refractivity contribution in [1.82, 2.24) is 9.55 Å². The molecule has 2 aromatic carbocycles. The molecule has 0 aliphatic heterocycles. The van der Waals surface area contributed by atoms with Crippen molar-refractivity contribution in [3.63, 3.8) is 0 Å². The predicted molar refractivity (Wildman–Crippen MR) is 80.8 cm³/mol. The van der Waals surface area contributed by atoms with Crippen LogP contribution in [0.1, 0.15) is 0 Å². The molecule has 2 N–H and O–H groups in total. The maximum Gasteiger partial charge on any atom is 0.205 e. The number of nitrogens with two attached hydrogens (primary N) is 1. The standard InChI is InChI=1S/C13H7Br2F2N3/c14-7-3-6(1-2-9(7)16)20-12-4-8(15)10(17)5-11(12)19-13(20)18/h1-5H,(H2,18,19). The van der Waals surface area contributed by atoms with Crippen LogP contribution in [0.25, 0.3) is 16.7 Å². The van der Waals surface area contributed by atoms with E-state index in [0.717, 1.165) is 0 Å². The smallest absolute Gasteiger partial charge is 0.205 e. The second-order valence-corrected chi connectivity index (χ2v) is 5.87. The van der Waals surface area contributed by atoms with Crippen LogP contribution in [0.4, 0.5) is 14.7 Å². The van der Waals surface area contributed by atoms with E-state index in [4.69, 9.17) is 5.73 Å². The number of hydrogen-bond acceptors (Lipinski definition) is 2. The Bertz CT molecular complexity index is 830. The summed E-state index contributed by atoms with van der Waals surface area (Å²) in [6.07, 6.45) is 0. The lowest BCUT2D eigenvalue weighted by Gasteiger charge is -2.07. The van der Waals surface area contributed by atoms with Crippen LogP contribution < -0.4 is 5.73 Å². The van der Waals surface area contributed by atoms with E-state index in [2.05, 4.69) is 36.8 Å². The summed E-state index contributed by atoms with van der Waals surface area (Å²) in [6.45, 7) is 0. The van der Waals surface area contributed by atoms with E-state index in [1.807, 2.05) is 0 Å². The molecule has 7 heteroatoms. The van der Waals surface area contributed by atoms with Gasteiger partial charge in [-0.25, -0.2) is 13.8 Å². The Balaban J connectivity index is 2.32. The van der Waals surface area contributed by atoms with Gasteiger partial charge in [-0.1, -0.05) is 0 Å². The van der Waals surface area contributed by atoms with E-state index >= 15 is 0 Å². The van der Waals surface area contributed by atoms with Crippen LogP contribution in [-0.4, -0.2) is 9.55 Å². The van der Waals surface area contributed by atoms with Crippen LogP contribution in [-0.2, 0) is 0 Å². The molecular weight excluding hydrogens is 396 g/mol. The minimum absolute atomic E-state index is 0.205. The zero-order chi connectivity index (χ0) is 14.4. The molecule has 0 fully saturated rings. The SMILES string of the molecule is Nc1nc2cc(F)c(Br)cc2n1-c1ccc(F)c(Br)c1. The quantitative estimate of drug-likeness (QED) is 0.655. The average Bonchev–Trinajstić information content (AvgIpc) is 2.69. The second-order valence-electron chi connectivity index (χ2n) is 4.16. The first-order valence-electron chi connectivity index (χ1n) is 5.56. The average molecular weight is 403 g/mol. The number of anilines is 1. The van der Waals surface area contributed by atoms with Gasteiger partial charge in [0.05, 0.1) is 25.7 Å². The predicted octanol–water partition coefficient (Wildman–Crippen LogP) is 4.41. The highest BCUT2D eigenvalue weighted by Gasteiger charge is 2.14. The fraction of sp³-hybridized carbons (Fsp3) is 0. The number of fused-ring (bicyclic) bond motifs is 1. The number of hydrogen-bond donors (Lipinski definition) is 1. The summed E-state index contributed by atoms with van der Waals surface area (Å²) in [5.74, 6) is -0.581. The van der Waals surface area contributed by atoms with Crippen molar-refractivity contribution in [1.29, 1.82) is 0 Å². The number of nitrogens with zero attached hydrogens (tertiary/aromatic N) is 2. The summed E-state index contributed by atoms with van der Waals surface area (Å²) < 4.78 is 29.1. The normalized spacial score (nSPS) is 11.2. The first-order chi connectivity index (χ1) is 9.47. The first-order valence-corrected chi connectivity index (χ1v) is 7.14. The van der Waals surface area contributed by atoms with Gasteiger partial charge in [0.1, 0.15) is 11.6 Å². The van der Waals surface area contributed by atoms with Crippen molar-refractivity contribution in [3.8, 4) is 5.69 Å². The van der Waals surface area contributed by atoms with Gasteiger partial charge in [0, 0.05) is 6.07 Å². The third kappa shape index (κ3) is 2.10. The Morgan fingerprint density at radius 3 is 2.40 bits per heavy atom. The van der Waals surface area contributed by atoms with Crippen molar-refractivity contribution >= 4 is 48.8 Å². The molecule has 0 aliphatic rings. The minimum atomic E-state index is -0.414. The van der Waals surface area contributed by atoms with Gasteiger partial charge >= 0.3 is 0 Å². The van der Waals surface area contributed by atoms with E-state index in [9.17, 15) is 8.78 Å². The van der Waals surface area contributed by atoms with Gasteiger partial charge in [-0.15, -0.1) is 0 Å². The Hall–Kier alpha value is -1.47. The van der Waals surface area contributed by atoms with E-state index in [1.54, 1.807) is 22.8 Å². The lowest BCUT2D eigenvalue weighted by atomic mass is 10.2. The summed E-state index contributed by atoms with van der Waals surface area (Å²) in [6, 6.07) is 7.37. The molecule has 0 amide bonds. The first kappa shape index (κ1) is 13.5. The highest BCUT2D eigenvalue weighted by Crippen LogP contribution is 2.29. The molecule has 1 heterocycles. The number of nitrogen functional groups attached to an aromatic ring is 1. The third-order valence-corrected chi connectivity index (χ3v) is 4.10.